The van der Waals surface area contributed by atoms with Crippen molar-refractivity contribution in [1.29, 1.82) is 0 Å². The maximum atomic E-state index is 13.1. The van der Waals surface area contributed by atoms with Gasteiger partial charge in [-0.15, -0.1) is 0 Å². The summed E-state index contributed by atoms with van der Waals surface area (Å²) in [5.41, 5.74) is -0.707. The second-order valence-electron chi connectivity index (χ2n) is 5.83. The normalized spacial score (nSPS) is 17.9. The molecular formula is C16H22F4N2. The Kier molecular flexibility index (Phi) is 5.81. The van der Waals surface area contributed by atoms with Crippen LogP contribution in [-0.4, -0.2) is 31.1 Å². The summed E-state index contributed by atoms with van der Waals surface area (Å²) in [5.74, 6) is -0.257. The van der Waals surface area contributed by atoms with Crippen molar-refractivity contribution in [2.45, 2.75) is 32.5 Å². The van der Waals surface area contributed by atoms with E-state index in [1.54, 1.807) is 0 Å². The van der Waals surface area contributed by atoms with Crippen molar-refractivity contribution in [3.05, 3.63) is 35.1 Å². The molecule has 1 aromatic rings. The lowest BCUT2D eigenvalue weighted by atomic mass is 9.96. The van der Waals surface area contributed by atoms with Crippen molar-refractivity contribution in [2.75, 3.05) is 26.2 Å². The third kappa shape index (κ3) is 4.68. The molecule has 22 heavy (non-hydrogen) atoms. The molecule has 1 saturated heterocycles. The van der Waals surface area contributed by atoms with Crippen LogP contribution in [0, 0.1) is 11.7 Å². The van der Waals surface area contributed by atoms with Crippen LogP contribution >= 0.6 is 0 Å². The minimum absolute atomic E-state index is 0.152. The van der Waals surface area contributed by atoms with E-state index < -0.39 is 17.6 Å². The molecule has 2 nitrogen and oxygen atoms in total. The number of likely N-dealkylation sites (tertiary alicyclic amines) is 1. The molecule has 0 saturated carbocycles. The van der Waals surface area contributed by atoms with Crippen LogP contribution in [0.2, 0.25) is 0 Å². The number of benzene rings is 1. The summed E-state index contributed by atoms with van der Waals surface area (Å²) in [6.45, 7) is 5.75. The molecule has 1 aliphatic rings. The lowest BCUT2D eigenvalue weighted by molar-refractivity contribution is -0.138. The van der Waals surface area contributed by atoms with Crippen LogP contribution in [0.15, 0.2) is 18.2 Å². The van der Waals surface area contributed by atoms with Gasteiger partial charge in [0.1, 0.15) is 5.82 Å². The van der Waals surface area contributed by atoms with Crippen LogP contribution in [0.5, 0.6) is 0 Å². The van der Waals surface area contributed by atoms with Crippen LogP contribution in [0.4, 0.5) is 17.6 Å². The lowest BCUT2D eigenvalue weighted by Crippen LogP contribution is -2.37. The molecule has 1 fully saturated rings. The number of halogens is 4. The molecule has 0 radical (unpaired) electrons. The Morgan fingerprint density at radius 2 is 1.91 bits per heavy atom. The van der Waals surface area contributed by atoms with Crippen LogP contribution in [-0.2, 0) is 12.7 Å². The molecule has 6 heteroatoms. The molecular weight excluding hydrogens is 296 g/mol. The summed E-state index contributed by atoms with van der Waals surface area (Å²) in [5, 5.41) is 3.31. The zero-order chi connectivity index (χ0) is 16.2. The van der Waals surface area contributed by atoms with E-state index in [9.17, 15) is 17.6 Å². The Morgan fingerprint density at radius 3 is 2.50 bits per heavy atom. The van der Waals surface area contributed by atoms with Crippen LogP contribution < -0.4 is 5.32 Å². The van der Waals surface area contributed by atoms with Gasteiger partial charge in [-0.25, -0.2) is 4.39 Å². The zero-order valence-electron chi connectivity index (χ0n) is 12.7. The molecule has 0 aromatic heterocycles. The molecule has 1 N–H and O–H groups in total. The van der Waals surface area contributed by atoms with E-state index in [1.807, 2.05) is 4.90 Å². The van der Waals surface area contributed by atoms with Gasteiger partial charge in [0.15, 0.2) is 0 Å². The van der Waals surface area contributed by atoms with E-state index in [4.69, 9.17) is 0 Å². The first kappa shape index (κ1) is 17.2. The summed E-state index contributed by atoms with van der Waals surface area (Å²) in [4.78, 5) is 2.02. The molecule has 0 atom stereocenters. The number of rotatable bonds is 5. The highest BCUT2D eigenvalue weighted by molar-refractivity contribution is 5.30. The minimum atomic E-state index is -4.51. The van der Waals surface area contributed by atoms with Gasteiger partial charge in [-0.05, 0) is 62.6 Å². The summed E-state index contributed by atoms with van der Waals surface area (Å²) >= 11 is 0. The summed E-state index contributed by atoms with van der Waals surface area (Å²) in [6.07, 6.45) is -2.55. The Bertz CT molecular complexity index is 480. The van der Waals surface area contributed by atoms with Crippen LogP contribution in [0.1, 0.15) is 30.9 Å². The molecule has 1 aliphatic heterocycles. The van der Waals surface area contributed by atoms with Gasteiger partial charge in [0, 0.05) is 6.54 Å². The number of hydrogen-bond donors (Lipinski definition) is 1. The van der Waals surface area contributed by atoms with E-state index in [0.29, 0.717) is 12.0 Å². The highest BCUT2D eigenvalue weighted by Crippen LogP contribution is 2.33. The zero-order valence-corrected chi connectivity index (χ0v) is 12.7. The molecule has 0 aliphatic carbocycles. The van der Waals surface area contributed by atoms with Gasteiger partial charge in [-0.1, -0.05) is 13.0 Å². The molecule has 0 amide bonds. The third-order valence-corrected chi connectivity index (χ3v) is 4.16. The number of piperidine rings is 1. The van der Waals surface area contributed by atoms with Crippen LogP contribution in [0.3, 0.4) is 0 Å². The fourth-order valence-corrected chi connectivity index (χ4v) is 2.89. The molecule has 0 unspecified atom stereocenters. The molecule has 0 bridgehead atoms. The van der Waals surface area contributed by atoms with Gasteiger partial charge in [0.05, 0.1) is 5.56 Å². The van der Waals surface area contributed by atoms with Crippen molar-refractivity contribution < 1.29 is 17.6 Å². The average molecular weight is 318 g/mol. The summed E-state index contributed by atoms with van der Waals surface area (Å²) in [7, 11) is 0. The fraction of sp³-hybridized carbons (Fsp3) is 0.625. The number of hydrogen-bond acceptors (Lipinski definition) is 2. The minimum Gasteiger partial charge on any atom is -0.317 e. The molecule has 2 rings (SSSR count). The second-order valence-corrected chi connectivity index (χ2v) is 5.83. The fourth-order valence-electron chi connectivity index (χ4n) is 2.89. The Balaban J connectivity index is 1.98. The summed E-state index contributed by atoms with van der Waals surface area (Å²) < 4.78 is 52.1. The van der Waals surface area contributed by atoms with Crippen LogP contribution in [0.25, 0.3) is 0 Å². The van der Waals surface area contributed by atoms with Gasteiger partial charge < -0.3 is 5.32 Å². The monoisotopic (exact) mass is 318 g/mol. The van der Waals surface area contributed by atoms with Gasteiger partial charge >= 0.3 is 6.18 Å². The number of nitrogens with one attached hydrogen (secondary N) is 1. The van der Waals surface area contributed by atoms with E-state index in [0.717, 1.165) is 45.1 Å². The highest BCUT2D eigenvalue weighted by Gasteiger charge is 2.34. The van der Waals surface area contributed by atoms with Crippen molar-refractivity contribution in [1.82, 2.24) is 10.2 Å². The van der Waals surface area contributed by atoms with Gasteiger partial charge in [-0.3, -0.25) is 4.90 Å². The number of nitrogens with zero attached hydrogens (tertiary/aromatic N) is 1. The Morgan fingerprint density at radius 1 is 1.23 bits per heavy atom. The summed E-state index contributed by atoms with van der Waals surface area (Å²) in [6, 6.07) is 2.94. The standard InChI is InChI=1S/C16H22F4N2/c1-2-21-10-12-5-7-22(8-6-12)11-13-3-4-14(17)9-15(13)16(18,19)20/h3-4,9,12,21H,2,5-8,10-11H2,1H3. The highest BCUT2D eigenvalue weighted by atomic mass is 19.4. The smallest absolute Gasteiger partial charge is 0.317 e. The molecule has 0 spiro atoms. The van der Waals surface area contributed by atoms with E-state index in [1.165, 1.54) is 6.07 Å². The lowest BCUT2D eigenvalue weighted by Gasteiger charge is -2.32. The van der Waals surface area contributed by atoms with Gasteiger partial charge in [0.25, 0.3) is 0 Å². The quantitative estimate of drug-likeness (QED) is 0.834. The first-order valence-corrected chi connectivity index (χ1v) is 7.69. The van der Waals surface area contributed by atoms with Crippen molar-refractivity contribution in [2.24, 2.45) is 5.92 Å². The maximum absolute atomic E-state index is 13.1. The first-order chi connectivity index (χ1) is 10.4. The molecule has 1 heterocycles. The molecule has 124 valence electrons. The average Bonchev–Trinajstić information content (AvgIpc) is 2.47. The molecule has 1 aromatic carbocycles. The predicted molar refractivity (Wildman–Crippen MR) is 77.9 cm³/mol. The SMILES string of the molecule is CCNCC1CCN(Cc2ccc(F)cc2C(F)(F)F)CC1. The van der Waals surface area contributed by atoms with Crippen molar-refractivity contribution in [3.63, 3.8) is 0 Å². The van der Waals surface area contributed by atoms with Crippen molar-refractivity contribution in [3.8, 4) is 0 Å². The maximum Gasteiger partial charge on any atom is 0.416 e. The van der Waals surface area contributed by atoms with E-state index >= 15 is 0 Å². The van der Waals surface area contributed by atoms with Crippen molar-refractivity contribution >= 4 is 0 Å². The number of alkyl halides is 3. The van der Waals surface area contributed by atoms with E-state index in [2.05, 4.69) is 12.2 Å². The Hall–Kier alpha value is -1.14. The first-order valence-electron chi connectivity index (χ1n) is 7.69. The third-order valence-electron chi connectivity index (χ3n) is 4.16. The largest absolute Gasteiger partial charge is 0.416 e. The van der Waals surface area contributed by atoms with E-state index in [-0.39, 0.29) is 12.1 Å². The Labute approximate surface area is 128 Å². The second kappa shape index (κ2) is 7.42. The van der Waals surface area contributed by atoms with Gasteiger partial charge in [0.2, 0.25) is 0 Å². The topological polar surface area (TPSA) is 15.3 Å². The van der Waals surface area contributed by atoms with Gasteiger partial charge in [-0.2, -0.15) is 13.2 Å². The predicted octanol–water partition coefficient (Wildman–Crippen LogP) is 3.67.